The third-order valence-corrected chi connectivity index (χ3v) is 3.69. The molecule has 9 nitrogen and oxygen atoms in total. The minimum atomic E-state index is -0.695. The molecule has 3 rings (SSSR count). The van der Waals surface area contributed by atoms with Gasteiger partial charge in [-0.2, -0.15) is 0 Å². The van der Waals surface area contributed by atoms with Gasteiger partial charge in [0.15, 0.2) is 11.6 Å². The van der Waals surface area contributed by atoms with Crippen molar-refractivity contribution in [1.29, 1.82) is 0 Å². The maximum absolute atomic E-state index is 9.84. The number of nitrogen functional groups attached to an aromatic ring is 1. The zero-order valence-electron chi connectivity index (χ0n) is 10.9. The molecule has 3 heterocycles. The molecular weight excluding hydrogens is 264 g/mol. The monoisotopic (exact) mass is 282 g/mol. The summed E-state index contributed by atoms with van der Waals surface area (Å²) in [5.41, 5.74) is 12.3. The predicted molar refractivity (Wildman–Crippen MR) is 71.7 cm³/mol. The molecule has 0 spiro atoms. The number of aromatic nitrogens is 2. The number of rotatable bonds is 3. The van der Waals surface area contributed by atoms with Crippen LogP contribution in [0.4, 0.5) is 17.3 Å². The van der Waals surface area contributed by atoms with Gasteiger partial charge in [0.25, 0.3) is 0 Å². The fraction of sp³-hybridized carbons (Fsp3) is 0.636. The van der Waals surface area contributed by atoms with Gasteiger partial charge in [0, 0.05) is 6.42 Å². The van der Waals surface area contributed by atoms with Crippen LogP contribution in [0, 0.1) is 0 Å². The molecule has 2 aliphatic rings. The standard InChI is InChI=1S/C11H18N6O3/c12-3-16-5-17(8-1-6(19)7(2-18)20-8)11-9(16)10(13)14-4-15-11/h4,6-8,18-19H,1-3,5,12H2,(H2,13,14,15)/t6?,7-,8-/m1/s1. The Bertz CT molecular complexity index is 501. The maximum Gasteiger partial charge on any atom is 0.161 e. The van der Waals surface area contributed by atoms with E-state index in [2.05, 4.69) is 9.97 Å². The van der Waals surface area contributed by atoms with Crippen LogP contribution >= 0.6 is 0 Å². The molecule has 2 aliphatic heterocycles. The van der Waals surface area contributed by atoms with E-state index in [1.165, 1.54) is 6.33 Å². The Labute approximate surface area is 115 Å². The quantitative estimate of drug-likeness (QED) is 0.498. The van der Waals surface area contributed by atoms with Crippen molar-refractivity contribution in [3.63, 3.8) is 0 Å². The molecular formula is C11H18N6O3. The van der Waals surface area contributed by atoms with Crippen molar-refractivity contribution in [2.75, 3.05) is 35.5 Å². The van der Waals surface area contributed by atoms with Crippen LogP contribution in [0.15, 0.2) is 6.33 Å². The minimum absolute atomic E-state index is 0.217. The molecule has 1 fully saturated rings. The third-order valence-electron chi connectivity index (χ3n) is 3.69. The molecule has 3 atom stereocenters. The topological polar surface area (TPSA) is 134 Å². The lowest BCUT2D eigenvalue weighted by Crippen LogP contribution is -2.41. The second-order valence-corrected chi connectivity index (χ2v) is 4.88. The van der Waals surface area contributed by atoms with Crippen LogP contribution in [-0.2, 0) is 4.74 Å². The zero-order chi connectivity index (χ0) is 14.3. The smallest absolute Gasteiger partial charge is 0.161 e. The van der Waals surface area contributed by atoms with Crippen LogP contribution < -0.4 is 21.3 Å². The van der Waals surface area contributed by atoms with E-state index in [0.717, 1.165) is 0 Å². The number of ether oxygens (including phenoxy) is 1. The van der Waals surface area contributed by atoms with E-state index in [1.807, 2.05) is 9.80 Å². The van der Waals surface area contributed by atoms with Crippen LogP contribution in [0.1, 0.15) is 6.42 Å². The van der Waals surface area contributed by atoms with E-state index in [1.54, 1.807) is 0 Å². The summed E-state index contributed by atoms with van der Waals surface area (Å²) in [7, 11) is 0. The number of hydrogen-bond donors (Lipinski definition) is 4. The first-order valence-corrected chi connectivity index (χ1v) is 6.42. The molecule has 0 aliphatic carbocycles. The first-order valence-electron chi connectivity index (χ1n) is 6.42. The van der Waals surface area contributed by atoms with Crippen molar-refractivity contribution in [3.05, 3.63) is 6.33 Å². The summed E-state index contributed by atoms with van der Waals surface area (Å²) in [6.07, 6.45) is 0.143. The molecule has 1 saturated heterocycles. The molecule has 110 valence electrons. The van der Waals surface area contributed by atoms with E-state index >= 15 is 0 Å². The van der Waals surface area contributed by atoms with Gasteiger partial charge in [-0.1, -0.05) is 0 Å². The van der Waals surface area contributed by atoms with E-state index < -0.39 is 12.2 Å². The van der Waals surface area contributed by atoms with Crippen molar-refractivity contribution < 1.29 is 14.9 Å². The minimum Gasteiger partial charge on any atom is -0.394 e. The lowest BCUT2D eigenvalue weighted by Gasteiger charge is -2.25. The number of anilines is 3. The Morgan fingerprint density at radius 1 is 1.45 bits per heavy atom. The van der Waals surface area contributed by atoms with Gasteiger partial charge in [0.1, 0.15) is 24.3 Å². The normalized spacial score (nSPS) is 29.1. The van der Waals surface area contributed by atoms with Gasteiger partial charge in [-0.3, -0.25) is 0 Å². The van der Waals surface area contributed by atoms with Gasteiger partial charge in [0.2, 0.25) is 0 Å². The van der Waals surface area contributed by atoms with Crippen LogP contribution in [0.25, 0.3) is 0 Å². The molecule has 6 N–H and O–H groups in total. The SMILES string of the molecule is NCN1CN([C@H]2CC(O)[C@@H](CO)O2)c2ncnc(N)c21. The molecule has 9 heteroatoms. The van der Waals surface area contributed by atoms with Gasteiger partial charge in [-0.05, 0) is 0 Å². The number of nitrogens with two attached hydrogens (primary N) is 2. The number of aliphatic hydroxyl groups is 2. The fourth-order valence-electron chi connectivity index (χ4n) is 2.67. The summed E-state index contributed by atoms with van der Waals surface area (Å²) in [6, 6.07) is 0. The Balaban J connectivity index is 1.89. The molecule has 0 radical (unpaired) electrons. The summed E-state index contributed by atoms with van der Waals surface area (Å²) in [5, 5.41) is 19.0. The van der Waals surface area contributed by atoms with Crippen molar-refractivity contribution in [3.8, 4) is 0 Å². The predicted octanol–water partition coefficient (Wildman–Crippen LogP) is -1.97. The van der Waals surface area contributed by atoms with Crippen molar-refractivity contribution in [2.24, 2.45) is 5.73 Å². The van der Waals surface area contributed by atoms with Gasteiger partial charge < -0.3 is 36.2 Å². The first kappa shape index (κ1) is 13.3. The second kappa shape index (κ2) is 5.02. The van der Waals surface area contributed by atoms with Crippen LogP contribution in [-0.4, -0.2) is 58.6 Å². The number of aliphatic hydroxyl groups excluding tert-OH is 2. The molecule has 0 bridgehead atoms. The van der Waals surface area contributed by atoms with Gasteiger partial charge in [0.05, 0.1) is 26.0 Å². The van der Waals surface area contributed by atoms with Gasteiger partial charge >= 0.3 is 0 Å². The summed E-state index contributed by atoms with van der Waals surface area (Å²) in [6.45, 7) is 0.523. The highest BCUT2D eigenvalue weighted by Crippen LogP contribution is 2.40. The van der Waals surface area contributed by atoms with Crippen LogP contribution in [0.2, 0.25) is 0 Å². The van der Waals surface area contributed by atoms with E-state index in [9.17, 15) is 5.11 Å². The Hall–Kier alpha value is -1.68. The van der Waals surface area contributed by atoms with Crippen molar-refractivity contribution in [1.82, 2.24) is 9.97 Å². The zero-order valence-corrected chi connectivity index (χ0v) is 10.9. The average molecular weight is 282 g/mol. The Kier molecular flexibility index (Phi) is 3.34. The summed E-state index contributed by atoms with van der Waals surface area (Å²) in [5.74, 6) is 0.999. The lowest BCUT2D eigenvalue weighted by atomic mass is 10.2. The first-order chi connectivity index (χ1) is 9.65. The van der Waals surface area contributed by atoms with Crippen molar-refractivity contribution >= 4 is 17.3 Å². The second-order valence-electron chi connectivity index (χ2n) is 4.88. The van der Waals surface area contributed by atoms with E-state index in [-0.39, 0.29) is 19.5 Å². The third kappa shape index (κ3) is 1.95. The summed E-state index contributed by atoms with van der Waals surface area (Å²) < 4.78 is 5.65. The molecule has 0 aromatic carbocycles. The molecule has 1 aromatic heterocycles. The molecule has 0 saturated carbocycles. The molecule has 20 heavy (non-hydrogen) atoms. The molecule has 1 aromatic rings. The fourth-order valence-corrected chi connectivity index (χ4v) is 2.67. The maximum atomic E-state index is 9.84. The molecule has 0 amide bonds. The lowest BCUT2D eigenvalue weighted by molar-refractivity contribution is -0.0220. The van der Waals surface area contributed by atoms with E-state index in [0.29, 0.717) is 30.4 Å². The number of nitrogens with zero attached hydrogens (tertiary/aromatic N) is 4. The largest absolute Gasteiger partial charge is 0.394 e. The average Bonchev–Trinajstić information content (AvgIpc) is 3.00. The van der Waals surface area contributed by atoms with Crippen LogP contribution in [0.3, 0.4) is 0 Å². The highest BCUT2D eigenvalue weighted by atomic mass is 16.5. The number of fused-ring (bicyclic) bond motifs is 1. The Morgan fingerprint density at radius 3 is 2.90 bits per heavy atom. The Morgan fingerprint density at radius 2 is 2.25 bits per heavy atom. The summed E-state index contributed by atoms with van der Waals surface area (Å²) >= 11 is 0. The summed E-state index contributed by atoms with van der Waals surface area (Å²) in [4.78, 5) is 11.9. The number of hydrogen-bond acceptors (Lipinski definition) is 9. The van der Waals surface area contributed by atoms with Gasteiger partial charge in [-0.15, -0.1) is 0 Å². The van der Waals surface area contributed by atoms with E-state index in [4.69, 9.17) is 21.3 Å². The highest BCUT2D eigenvalue weighted by Gasteiger charge is 2.41. The van der Waals surface area contributed by atoms with Crippen molar-refractivity contribution in [2.45, 2.75) is 24.9 Å². The molecule has 1 unspecified atom stereocenters. The highest BCUT2D eigenvalue weighted by molar-refractivity contribution is 5.81. The van der Waals surface area contributed by atoms with Gasteiger partial charge in [-0.25, -0.2) is 9.97 Å². The van der Waals surface area contributed by atoms with Crippen LogP contribution in [0.5, 0.6) is 0 Å².